The van der Waals surface area contributed by atoms with Gasteiger partial charge in [-0.25, -0.2) is 4.98 Å². The maximum absolute atomic E-state index is 4.47. The molecule has 2 heterocycles. The number of oxazole rings is 1. The first-order valence-electron chi connectivity index (χ1n) is 13.6. The first-order valence-corrected chi connectivity index (χ1v) is 13.6. The van der Waals surface area contributed by atoms with Crippen LogP contribution in [0.1, 0.15) is 0 Å². The summed E-state index contributed by atoms with van der Waals surface area (Å²) in [6, 6.07) is 47.2. The van der Waals surface area contributed by atoms with E-state index >= 15 is 0 Å². The van der Waals surface area contributed by atoms with E-state index in [4.69, 9.17) is 0 Å². The third kappa shape index (κ3) is 4.64. The standard InChI is InChI=1S/C20H12.C15H11N.C3H3NO/c1-5-13-6-2-11-17-18-12-4-8-14-7-3-10-16(20(14)18)15(9-1)19(13)17;1-2-8-13-12(6-1)7-5-9-14(13)15-10-3-4-11-16-15;1-2-5-3-4-1/h1-12H;1-11H;1-3H. The minimum atomic E-state index is 1.03. The maximum atomic E-state index is 4.47. The van der Waals surface area contributed by atoms with Crippen LogP contribution in [0.3, 0.4) is 0 Å². The van der Waals surface area contributed by atoms with Gasteiger partial charge in [0.15, 0.2) is 6.39 Å². The van der Waals surface area contributed by atoms with Gasteiger partial charge >= 0.3 is 0 Å². The predicted octanol–water partition coefficient (Wildman–Crippen LogP) is 10.3. The molecule has 0 aliphatic heterocycles. The zero-order chi connectivity index (χ0) is 27.4. The van der Waals surface area contributed by atoms with E-state index in [0.717, 1.165) is 5.69 Å². The molecule has 0 amide bonds. The van der Waals surface area contributed by atoms with Crippen molar-refractivity contribution < 1.29 is 4.42 Å². The molecule has 194 valence electrons. The van der Waals surface area contributed by atoms with E-state index in [1.165, 1.54) is 72.1 Å². The molecule has 3 heteroatoms. The minimum absolute atomic E-state index is 1.03. The smallest absolute Gasteiger partial charge is 0.180 e. The summed E-state index contributed by atoms with van der Waals surface area (Å²) in [5, 5.41) is 13.4. The van der Waals surface area contributed by atoms with Crippen LogP contribution in [0.15, 0.2) is 163 Å². The summed E-state index contributed by atoms with van der Waals surface area (Å²) < 4.78 is 4.47. The van der Waals surface area contributed by atoms with Crippen molar-refractivity contribution in [3.05, 3.63) is 159 Å². The van der Waals surface area contributed by atoms with E-state index in [1.807, 2.05) is 24.4 Å². The van der Waals surface area contributed by atoms with Gasteiger partial charge in [0.25, 0.3) is 0 Å². The zero-order valence-corrected chi connectivity index (χ0v) is 22.3. The van der Waals surface area contributed by atoms with Crippen LogP contribution in [-0.2, 0) is 0 Å². The lowest BCUT2D eigenvalue weighted by atomic mass is 9.90. The minimum Gasteiger partial charge on any atom is -0.452 e. The number of benzene rings is 7. The second kappa shape index (κ2) is 10.9. The number of hydrogen-bond acceptors (Lipinski definition) is 3. The van der Waals surface area contributed by atoms with Gasteiger partial charge in [-0.15, -0.1) is 0 Å². The van der Waals surface area contributed by atoms with Crippen molar-refractivity contribution in [1.82, 2.24) is 9.97 Å². The molecular weight excluding hydrogens is 500 g/mol. The molecule has 0 bridgehead atoms. The Hall–Kier alpha value is -5.54. The van der Waals surface area contributed by atoms with Crippen LogP contribution in [0, 0.1) is 0 Å². The largest absolute Gasteiger partial charge is 0.452 e. The Kier molecular flexibility index (Phi) is 6.52. The van der Waals surface area contributed by atoms with E-state index in [2.05, 4.69) is 130 Å². The summed E-state index contributed by atoms with van der Waals surface area (Å²) in [6.07, 6.45) is 6.30. The monoisotopic (exact) mass is 526 g/mol. The van der Waals surface area contributed by atoms with Crippen LogP contribution < -0.4 is 0 Å². The zero-order valence-electron chi connectivity index (χ0n) is 22.3. The van der Waals surface area contributed by atoms with Crippen molar-refractivity contribution in [2.45, 2.75) is 0 Å². The maximum Gasteiger partial charge on any atom is 0.180 e. The average Bonchev–Trinajstić information content (AvgIpc) is 3.65. The van der Waals surface area contributed by atoms with Crippen LogP contribution in [0.5, 0.6) is 0 Å². The summed E-state index contributed by atoms with van der Waals surface area (Å²) in [7, 11) is 0. The quantitative estimate of drug-likeness (QED) is 0.158. The van der Waals surface area contributed by atoms with Crippen molar-refractivity contribution in [2.24, 2.45) is 0 Å². The molecule has 0 spiro atoms. The van der Waals surface area contributed by atoms with Gasteiger partial charge in [0.1, 0.15) is 6.26 Å². The summed E-state index contributed by atoms with van der Waals surface area (Å²) in [5.74, 6) is 0. The Balaban J connectivity index is 0.000000118. The van der Waals surface area contributed by atoms with Crippen molar-refractivity contribution >= 4 is 53.9 Å². The Morgan fingerprint density at radius 1 is 0.415 bits per heavy atom. The summed E-state index contributed by atoms with van der Waals surface area (Å²) in [5.41, 5.74) is 2.22. The SMILES string of the molecule is c1cc2cccc3c4cccc5cccc(c(c1)c23)c54.c1ccc(-c2cccc3ccccc23)nc1.c1cocn1. The number of pyridine rings is 1. The van der Waals surface area contributed by atoms with E-state index in [-0.39, 0.29) is 0 Å². The van der Waals surface area contributed by atoms with Crippen molar-refractivity contribution in [2.75, 3.05) is 0 Å². The number of rotatable bonds is 1. The molecule has 9 rings (SSSR count). The molecule has 41 heavy (non-hydrogen) atoms. The molecule has 0 atom stereocenters. The molecule has 3 nitrogen and oxygen atoms in total. The second-order valence-electron chi connectivity index (χ2n) is 9.84. The molecule has 0 radical (unpaired) electrons. The normalized spacial score (nSPS) is 10.9. The highest BCUT2D eigenvalue weighted by Gasteiger charge is 2.11. The van der Waals surface area contributed by atoms with Gasteiger partial charge in [-0.2, -0.15) is 0 Å². The number of nitrogens with zero attached hydrogens (tertiary/aromatic N) is 2. The van der Waals surface area contributed by atoms with E-state index < -0.39 is 0 Å². The van der Waals surface area contributed by atoms with Gasteiger partial charge < -0.3 is 4.42 Å². The molecule has 0 unspecified atom stereocenters. The average molecular weight is 527 g/mol. The van der Waals surface area contributed by atoms with Gasteiger partial charge in [-0.3, -0.25) is 4.98 Å². The number of hydrogen-bond donors (Lipinski definition) is 0. The molecular formula is C38H26N2O. The van der Waals surface area contributed by atoms with E-state index in [9.17, 15) is 0 Å². The Morgan fingerprint density at radius 2 is 0.927 bits per heavy atom. The van der Waals surface area contributed by atoms with Gasteiger partial charge in [-0.05, 0) is 66.0 Å². The third-order valence-corrected chi connectivity index (χ3v) is 7.47. The van der Waals surface area contributed by atoms with Crippen LogP contribution in [-0.4, -0.2) is 9.97 Å². The van der Waals surface area contributed by atoms with Crippen LogP contribution in [0.25, 0.3) is 65.1 Å². The molecule has 0 aliphatic rings. The summed E-state index contributed by atoms with van der Waals surface area (Å²) in [6.45, 7) is 0. The van der Waals surface area contributed by atoms with Gasteiger partial charge in [0.2, 0.25) is 0 Å². The fraction of sp³-hybridized carbons (Fsp3) is 0. The Morgan fingerprint density at radius 3 is 1.44 bits per heavy atom. The number of fused-ring (bicyclic) bond motifs is 3. The lowest BCUT2D eigenvalue weighted by Gasteiger charge is -2.13. The topological polar surface area (TPSA) is 38.9 Å². The first-order chi connectivity index (χ1) is 20.4. The molecule has 0 saturated carbocycles. The summed E-state index contributed by atoms with van der Waals surface area (Å²) in [4.78, 5) is 7.95. The molecule has 0 aliphatic carbocycles. The lowest BCUT2D eigenvalue weighted by Crippen LogP contribution is -1.85. The van der Waals surface area contributed by atoms with Crippen molar-refractivity contribution in [1.29, 1.82) is 0 Å². The molecule has 0 N–H and O–H groups in total. The Bertz CT molecular complexity index is 2010. The fourth-order valence-electron chi connectivity index (χ4n) is 5.73. The Labute approximate surface area is 237 Å². The van der Waals surface area contributed by atoms with E-state index in [0.29, 0.717) is 0 Å². The first kappa shape index (κ1) is 24.5. The highest BCUT2D eigenvalue weighted by molar-refractivity contribution is 6.32. The highest BCUT2D eigenvalue weighted by atomic mass is 16.3. The predicted molar refractivity (Wildman–Crippen MR) is 171 cm³/mol. The van der Waals surface area contributed by atoms with Gasteiger partial charge in [0.05, 0.1) is 11.9 Å². The molecule has 0 fully saturated rings. The van der Waals surface area contributed by atoms with Crippen molar-refractivity contribution in [3.63, 3.8) is 0 Å². The van der Waals surface area contributed by atoms with Crippen molar-refractivity contribution in [3.8, 4) is 11.3 Å². The molecule has 0 saturated heterocycles. The van der Waals surface area contributed by atoms with E-state index in [1.54, 1.807) is 6.20 Å². The highest BCUT2D eigenvalue weighted by Crippen LogP contribution is 2.39. The lowest BCUT2D eigenvalue weighted by molar-refractivity contribution is 0.558. The summed E-state index contributed by atoms with van der Waals surface area (Å²) >= 11 is 0. The third-order valence-electron chi connectivity index (χ3n) is 7.47. The molecule has 2 aromatic heterocycles. The fourth-order valence-corrected chi connectivity index (χ4v) is 5.73. The van der Waals surface area contributed by atoms with Crippen LogP contribution in [0.4, 0.5) is 0 Å². The molecule has 9 aromatic rings. The van der Waals surface area contributed by atoms with Crippen LogP contribution >= 0.6 is 0 Å². The second-order valence-corrected chi connectivity index (χ2v) is 9.84. The number of aromatic nitrogens is 2. The van der Waals surface area contributed by atoms with Crippen LogP contribution in [0.2, 0.25) is 0 Å². The van der Waals surface area contributed by atoms with Gasteiger partial charge in [-0.1, -0.05) is 121 Å². The van der Waals surface area contributed by atoms with Gasteiger partial charge in [0, 0.05) is 11.8 Å². The molecule has 7 aromatic carbocycles.